The van der Waals surface area contributed by atoms with Crippen molar-refractivity contribution in [3.8, 4) is 0 Å². The average Bonchev–Trinajstić information content (AvgIpc) is 2.58. The Bertz CT molecular complexity index is 289. The lowest BCUT2D eigenvalue weighted by Crippen LogP contribution is -2.15. The minimum absolute atomic E-state index is 0.0219. The summed E-state index contributed by atoms with van der Waals surface area (Å²) in [4.78, 5) is 22.5. The van der Waals surface area contributed by atoms with E-state index in [1.165, 1.54) is 12.8 Å². The fraction of sp³-hybridized carbons (Fsp3) is 0.667. The summed E-state index contributed by atoms with van der Waals surface area (Å²) in [7, 11) is 0. The summed E-state index contributed by atoms with van der Waals surface area (Å²) in [5.41, 5.74) is -0.0320. The lowest BCUT2D eigenvalue weighted by atomic mass is 10.1. The van der Waals surface area contributed by atoms with Gasteiger partial charge in [-0.1, -0.05) is 32.6 Å². The van der Waals surface area contributed by atoms with Gasteiger partial charge in [0, 0.05) is 6.42 Å². The number of Topliss-reactive ketones (excluding diaryl/α,β-unsaturated/α-hetero) is 1. The van der Waals surface area contributed by atoms with Crippen LogP contribution in [0.5, 0.6) is 0 Å². The van der Waals surface area contributed by atoms with Gasteiger partial charge in [0.1, 0.15) is 11.3 Å². The van der Waals surface area contributed by atoms with Crippen LogP contribution in [0, 0.1) is 0 Å². The number of hydrogen-bond donors (Lipinski definition) is 2. The Morgan fingerprint density at radius 2 is 1.94 bits per heavy atom. The summed E-state index contributed by atoms with van der Waals surface area (Å²) in [6.45, 7) is 2.16. The molecular formula is C12H19NO3. The average molecular weight is 225 g/mol. The predicted molar refractivity (Wildman–Crippen MR) is 61.0 cm³/mol. The van der Waals surface area contributed by atoms with Gasteiger partial charge in [0.15, 0.2) is 5.78 Å². The lowest BCUT2D eigenvalue weighted by molar-refractivity contribution is -0.117. The highest BCUT2D eigenvalue weighted by molar-refractivity contribution is 6.25. The van der Waals surface area contributed by atoms with Crippen LogP contribution in [0.15, 0.2) is 11.3 Å². The van der Waals surface area contributed by atoms with Crippen molar-refractivity contribution in [2.45, 2.75) is 45.4 Å². The van der Waals surface area contributed by atoms with Crippen LogP contribution in [0.25, 0.3) is 0 Å². The molecule has 1 aliphatic heterocycles. The first-order valence-corrected chi connectivity index (χ1v) is 5.90. The van der Waals surface area contributed by atoms with Crippen LogP contribution in [-0.2, 0) is 9.59 Å². The molecule has 2 N–H and O–H groups in total. The highest BCUT2D eigenvalue weighted by Gasteiger charge is 2.28. The molecule has 1 saturated heterocycles. The summed E-state index contributed by atoms with van der Waals surface area (Å²) in [6.07, 6.45) is 5.79. The minimum atomic E-state index is -0.434. The molecule has 1 amide bonds. The van der Waals surface area contributed by atoms with Crippen molar-refractivity contribution in [3.63, 3.8) is 0 Å². The first-order valence-electron chi connectivity index (χ1n) is 5.90. The van der Waals surface area contributed by atoms with E-state index < -0.39 is 5.91 Å². The third kappa shape index (κ3) is 3.36. The van der Waals surface area contributed by atoms with E-state index in [0.29, 0.717) is 6.42 Å². The number of carbonyl (C=O) groups excluding carboxylic acids is 2. The van der Waals surface area contributed by atoms with E-state index in [-0.39, 0.29) is 23.7 Å². The largest absolute Gasteiger partial charge is 0.511 e. The van der Waals surface area contributed by atoms with Gasteiger partial charge in [-0.2, -0.15) is 0 Å². The van der Waals surface area contributed by atoms with E-state index in [1.54, 1.807) is 0 Å². The summed E-state index contributed by atoms with van der Waals surface area (Å²) in [6, 6.07) is 0. The highest BCUT2D eigenvalue weighted by atomic mass is 16.3. The quantitative estimate of drug-likeness (QED) is 0.314. The molecule has 4 nitrogen and oxygen atoms in total. The first-order chi connectivity index (χ1) is 7.66. The van der Waals surface area contributed by atoms with Crippen molar-refractivity contribution >= 4 is 11.7 Å². The second-order valence-electron chi connectivity index (χ2n) is 4.09. The molecule has 0 aromatic rings. The number of aliphatic hydroxyl groups excluding tert-OH is 1. The molecule has 0 aromatic carbocycles. The van der Waals surface area contributed by atoms with Crippen molar-refractivity contribution in [2.24, 2.45) is 0 Å². The van der Waals surface area contributed by atoms with Crippen LogP contribution in [0.4, 0.5) is 0 Å². The number of carbonyl (C=O) groups is 2. The molecule has 0 bridgehead atoms. The Morgan fingerprint density at radius 3 is 2.50 bits per heavy atom. The molecule has 0 aromatic heterocycles. The van der Waals surface area contributed by atoms with Crippen molar-refractivity contribution in [3.05, 3.63) is 11.3 Å². The number of aliphatic hydroxyl groups is 1. The van der Waals surface area contributed by atoms with Gasteiger partial charge >= 0.3 is 0 Å². The van der Waals surface area contributed by atoms with Gasteiger partial charge in [-0.3, -0.25) is 9.59 Å². The number of nitrogens with one attached hydrogen (secondary N) is 1. The number of allylic oxidation sites excluding steroid dienone is 1. The zero-order valence-electron chi connectivity index (χ0n) is 9.71. The van der Waals surface area contributed by atoms with Gasteiger partial charge in [0.2, 0.25) is 0 Å². The van der Waals surface area contributed by atoms with E-state index in [2.05, 4.69) is 12.2 Å². The van der Waals surface area contributed by atoms with E-state index in [9.17, 15) is 14.7 Å². The molecule has 1 fully saturated rings. The molecule has 1 aliphatic rings. The van der Waals surface area contributed by atoms with Gasteiger partial charge in [0.05, 0.1) is 6.54 Å². The summed E-state index contributed by atoms with van der Waals surface area (Å²) in [5.74, 6) is -0.774. The lowest BCUT2D eigenvalue weighted by Gasteiger charge is -2.02. The first kappa shape index (κ1) is 12.7. The zero-order valence-corrected chi connectivity index (χ0v) is 9.71. The highest BCUT2D eigenvalue weighted by Crippen LogP contribution is 2.15. The molecule has 0 atom stereocenters. The molecule has 0 spiro atoms. The molecule has 1 heterocycles. The van der Waals surface area contributed by atoms with Crippen LogP contribution in [0.2, 0.25) is 0 Å². The maximum Gasteiger partial charge on any atom is 0.258 e. The summed E-state index contributed by atoms with van der Waals surface area (Å²) in [5, 5.41) is 12.0. The van der Waals surface area contributed by atoms with E-state index in [0.717, 1.165) is 19.3 Å². The second-order valence-corrected chi connectivity index (χ2v) is 4.09. The third-order valence-corrected chi connectivity index (χ3v) is 2.72. The number of unbranched alkanes of at least 4 members (excludes halogenated alkanes) is 4. The minimum Gasteiger partial charge on any atom is -0.511 e. The van der Waals surface area contributed by atoms with Gasteiger partial charge in [0.25, 0.3) is 5.91 Å². The van der Waals surface area contributed by atoms with Crippen molar-refractivity contribution < 1.29 is 14.7 Å². The molecule has 16 heavy (non-hydrogen) atoms. The molecular weight excluding hydrogens is 206 g/mol. The standard InChI is InChI=1S/C12H19NO3/c1-2-3-4-5-6-7-9(14)11-10(15)8-13-12(11)16/h14H,2-8H2,1H3,(H,13,16)/b11-9-. The fourth-order valence-electron chi connectivity index (χ4n) is 1.78. The number of rotatable bonds is 6. The Kier molecular flexibility index (Phi) is 5.02. The van der Waals surface area contributed by atoms with E-state index >= 15 is 0 Å². The SMILES string of the molecule is CCCCCCC/C(O)=C1\C(=O)CNC1=O. The smallest absolute Gasteiger partial charge is 0.258 e. The van der Waals surface area contributed by atoms with Crippen LogP contribution < -0.4 is 5.32 Å². The molecule has 90 valence electrons. The maximum atomic E-state index is 11.3. The molecule has 4 heteroatoms. The van der Waals surface area contributed by atoms with Crippen LogP contribution in [0.1, 0.15) is 45.4 Å². The third-order valence-electron chi connectivity index (χ3n) is 2.72. The molecule has 0 unspecified atom stereocenters. The summed E-state index contributed by atoms with van der Waals surface area (Å²) >= 11 is 0. The van der Waals surface area contributed by atoms with E-state index in [1.807, 2.05) is 0 Å². The van der Waals surface area contributed by atoms with Gasteiger partial charge in [-0.25, -0.2) is 0 Å². The Morgan fingerprint density at radius 1 is 1.25 bits per heavy atom. The van der Waals surface area contributed by atoms with E-state index in [4.69, 9.17) is 0 Å². The Labute approximate surface area is 95.7 Å². The second kappa shape index (κ2) is 6.30. The molecule has 1 rings (SSSR count). The number of amides is 1. The van der Waals surface area contributed by atoms with Gasteiger partial charge in [-0.15, -0.1) is 0 Å². The zero-order chi connectivity index (χ0) is 12.0. The Hall–Kier alpha value is -1.32. The van der Waals surface area contributed by atoms with Crippen LogP contribution in [-0.4, -0.2) is 23.3 Å². The monoisotopic (exact) mass is 225 g/mol. The van der Waals surface area contributed by atoms with Crippen molar-refractivity contribution in [2.75, 3.05) is 6.54 Å². The Balaban J connectivity index is 2.38. The van der Waals surface area contributed by atoms with Crippen LogP contribution in [0.3, 0.4) is 0 Å². The summed E-state index contributed by atoms with van der Waals surface area (Å²) < 4.78 is 0. The van der Waals surface area contributed by atoms with Gasteiger partial charge < -0.3 is 10.4 Å². The van der Waals surface area contributed by atoms with Crippen molar-refractivity contribution in [1.29, 1.82) is 0 Å². The topological polar surface area (TPSA) is 66.4 Å². The predicted octanol–water partition coefficient (Wildman–Crippen LogP) is 1.86. The number of ketones is 1. The van der Waals surface area contributed by atoms with Crippen molar-refractivity contribution in [1.82, 2.24) is 5.32 Å². The maximum absolute atomic E-state index is 11.3. The van der Waals surface area contributed by atoms with Crippen LogP contribution >= 0.6 is 0 Å². The van der Waals surface area contributed by atoms with Gasteiger partial charge in [-0.05, 0) is 6.42 Å². The fourth-order valence-corrected chi connectivity index (χ4v) is 1.78. The molecule has 0 aliphatic carbocycles. The molecule has 0 radical (unpaired) electrons. The molecule has 0 saturated carbocycles. The normalized spacial score (nSPS) is 18.8. The number of hydrogen-bond acceptors (Lipinski definition) is 3.